The summed E-state index contributed by atoms with van der Waals surface area (Å²) in [6.07, 6.45) is 0. The van der Waals surface area contributed by atoms with Crippen LogP contribution in [0.15, 0.2) is 48.5 Å². The van der Waals surface area contributed by atoms with Crippen LogP contribution in [0.25, 0.3) is 0 Å². The van der Waals surface area contributed by atoms with Crippen LogP contribution >= 0.6 is 0 Å². The van der Waals surface area contributed by atoms with Gasteiger partial charge < -0.3 is 15.5 Å². The Morgan fingerprint density at radius 3 is 2.26 bits per heavy atom. The Balaban J connectivity index is 1.49. The highest BCUT2D eigenvalue weighted by Gasteiger charge is 2.19. The second-order valence-electron chi connectivity index (χ2n) is 6.91. The smallest absolute Gasteiger partial charge is 0.238 e. The molecule has 1 saturated heterocycles. The first-order valence-corrected chi connectivity index (χ1v) is 9.21. The molecule has 2 amide bonds. The summed E-state index contributed by atoms with van der Waals surface area (Å²) in [6, 6.07) is 15.7. The highest BCUT2D eigenvalue weighted by Crippen LogP contribution is 2.18. The van der Waals surface area contributed by atoms with E-state index in [4.69, 9.17) is 0 Å². The lowest BCUT2D eigenvalue weighted by atomic mass is 10.2. The number of hydrogen-bond acceptors (Lipinski definition) is 4. The first kappa shape index (κ1) is 18.9. The van der Waals surface area contributed by atoms with Gasteiger partial charge in [-0.25, -0.2) is 0 Å². The SMILES string of the molecule is CC(=O)Nc1cccc(NC(=O)CN2CCN(c3cccc(C)c3)CC2)c1. The number of rotatable bonds is 5. The van der Waals surface area contributed by atoms with Gasteiger partial charge in [0.1, 0.15) is 0 Å². The molecule has 0 unspecified atom stereocenters. The average molecular weight is 366 g/mol. The Kier molecular flexibility index (Phi) is 6.08. The average Bonchev–Trinajstić information content (AvgIpc) is 2.62. The zero-order valence-electron chi connectivity index (χ0n) is 15.9. The van der Waals surface area contributed by atoms with E-state index in [9.17, 15) is 9.59 Å². The zero-order chi connectivity index (χ0) is 19.2. The Hall–Kier alpha value is -2.86. The van der Waals surface area contributed by atoms with Crippen LogP contribution < -0.4 is 15.5 Å². The summed E-state index contributed by atoms with van der Waals surface area (Å²) in [5, 5.41) is 5.63. The van der Waals surface area contributed by atoms with Crippen LogP contribution in [0.2, 0.25) is 0 Å². The predicted molar refractivity (Wildman–Crippen MR) is 109 cm³/mol. The van der Waals surface area contributed by atoms with Crippen molar-refractivity contribution in [1.82, 2.24) is 4.90 Å². The minimum absolute atomic E-state index is 0.0426. The van der Waals surface area contributed by atoms with E-state index in [1.165, 1.54) is 18.2 Å². The number of piperazine rings is 1. The van der Waals surface area contributed by atoms with Crippen LogP contribution in [0.1, 0.15) is 12.5 Å². The Labute approximate surface area is 160 Å². The molecule has 0 saturated carbocycles. The molecule has 3 rings (SSSR count). The summed E-state index contributed by atoms with van der Waals surface area (Å²) < 4.78 is 0. The van der Waals surface area contributed by atoms with Crippen LogP contribution in [0.4, 0.5) is 17.1 Å². The lowest BCUT2D eigenvalue weighted by Gasteiger charge is -2.35. The molecule has 0 atom stereocenters. The summed E-state index contributed by atoms with van der Waals surface area (Å²) in [4.78, 5) is 28.0. The molecule has 1 aliphatic rings. The maximum atomic E-state index is 12.4. The van der Waals surface area contributed by atoms with Crippen LogP contribution in [-0.2, 0) is 9.59 Å². The molecule has 1 heterocycles. The van der Waals surface area contributed by atoms with Crippen molar-refractivity contribution in [3.05, 3.63) is 54.1 Å². The molecule has 2 N–H and O–H groups in total. The minimum Gasteiger partial charge on any atom is -0.369 e. The van der Waals surface area contributed by atoms with E-state index in [-0.39, 0.29) is 11.8 Å². The molecule has 2 aromatic carbocycles. The molecular weight excluding hydrogens is 340 g/mol. The van der Waals surface area contributed by atoms with Gasteiger partial charge >= 0.3 is 0 Å². The van der Waals surface area contributed by atoms with Gasteiger partial charge in [0.15, 0.2) is 0 Å². The molecule has 27 heavy (non-hydrogen) atoms. The van der Waals surface area contributed by atoms with Crippen molar-refractivity contribution in [3.8, 4) is 0 Å². The summed E-state index contributed by atoms with van der Waals surface area (Å²) in [5.41, 5.74) is 3.86. The molecule has 0 radical (unpaired) electrons. The van der Waals surface area contributed by atoms with Crippen molar-refractivity contribution in [1.29, 1.82) is 0 Å². The normalized spacial score (nSPS) is 14.7. The van der Waals surface area contributed by atoms with E-state index in [0.29, 0.717) is 17.9 Å². The number of aryl methyl sites for hydroxylation is 1. The molecule has 142 valence electrons. The number of nitrogens with one attached hydrogen (secondary N) is 2. The molecule has 2 aromatic rings. The monoisotopic (exact) mass is 366 g/mol. The summed E-state index contributed by atoms with van der Waals surface area (Å²) in [6.45, 7) is 7.46. The number of amides is 2. The fourth-order valence-corrected chi connectivity index (χ4v) is 3.27. The first-order valence-electron chi connectivity index (χ1n) is 9.21. The molecule has 0 spiro atoms. The molecule has 6 heteroatoms. The van der Waals surface area contributed by atoms with Crippen molar-refractivity contribution >= 4 is 28.9 Å². The van der Waals surface area contributed by atoms with Crippen LogP contribution in [0.3, 0.4) is 0 Å². The van der Waals surface area contributed by atoms with Crippen LogP contribution in [-0.4, -0.2) is 49.4 Å². The number of benzene rings is 2. The topological polar surface area (TPSA) is 64.7 Å². The van der Waals surface area contributed by atoms with Crippen LogP contribution in [0.5, 0.6) is 0 Å². The largest absolute Gasteiger partial charge is 0.369 e. The highest BCUT2D eigenvalue weighted by molar-refractivity contribution is 5.94. The number of hydrogen-bond donors (Lipinski definition) is 2. The molecule has 0 aromatic heterocycles. The van der Waals surface area contributed by atoms with E-state index < -0.39 is 0 Å². The van der Waals surface area contributed by atoms with E-state index >= 15 is 0 Å². The van der Waals surface area contributed by atoms with E-state index in [0.717, 1.165) is 26.2 Å². The highest BCUT2D eigenvalue weighted by atomic mass is 16.2. The third-order valence-electron chi connectivity index (χ3n) is 4.57. The van der Waals surface area contributed by atoms with Crippen molar-refractivity contribution in [2.75, 3.05) is 48.3 Å². The molecule has 0 bridgehead atoms. The maximum absolute atomic E-state index is 12.4. The van der Waals surface area contributed by atoms with Gasteiger partial charge in [-0.1, -0.05) is 18.2 Å². The van der Waals surface area contributed by atoms with Crippen molar-refractivity contribution in [3.63, 3.8) is 0 Å². The number of nitrogens with zero attached hydrogens (tertiary/aromatic N) is 2. The zero-order valence-corrected chi connectivity index (χ0v) is 15.9. The Bertz CT molecular complexity index is 813. The first-order chi connectivity index (χ1) is 13.0. The minimum atomic E-state index is -0.134. The van der Waals surface area contributed by atoms with Gasteiger partial charge in [0.05, 0.1) is 6.54 Å². The summed E-state index contributed by atoms with van der Waals surface area (Å²) >= 11 is 0. The second kappa shape index (κ2) is 8.68. The molecular formula is C21H26N4O2. The van der Waals surface area contributed by atoms with Crippen molar-refractivity contribution in [2.24, 2.45) is 0 Å². The summed E-state index contributed by atoms with van der Waals surface area (Å²) in [5.74, 6) is -0.177. The standard InChI is InChI=1S/C21H26N4O2/c1-16-5-3-8-20(13-16)25-11-9-24(10-12-25)15-21(27)23-19-7-4-6-18(14-19)22-17(2)26/h3-8,13-14H,9-12,15H2,1-2H3,(H,22,26)(H,23,27). The van der Waals surface area contributed by atoms with Gasteiger partial charge in [0.2, 0.25) is 11.8 Å². The molecule has 1 aliphatic heterocycles. The lowest BCUT2D eigenvalue weighted by Crippen LogP contribution is -2.48. The fourth-order valence-electron chi connectivity index (χ4n) is 3.27. The Morgan fingerprint density at radius 1 is 0.926 bits per heavy atom. The third-order valence-corrected chi connectivity index (χ3v) is 4.57. The van der Waals surface area contributed by atoms with Gasteiger partial charge in [0, 0.05) is 50.2 Å². The summed E-state index contributed by atoms with van der Waals surface area (Å²) in [7, 11) is 0. The molecule has 6 nitrogen and oxygen atoms in total. The van der Waals surface area contributed by atoms with E-state index in [2.05, 4.69) is 51.6 Å². The number of anilines is 3. The molecule has 1 fully saturated rings. The quantitative estimate of drug-likeness (QED) is 0.854. The molecule has 0 aliphatic carbocycles. The Morgan fingerprint density at radius 2 is 1.59 bits per heavy atom. The van der Waals surface area contributed by atoms with E-state index in [1.807, 2.05) is 12.1 Å². The van der Waals surface area contributed by atoms with Gasteiger partial charge in [0.25, 0.3) is 0 Å². The number of carbonyl (C=O) groups is 2. The maximum Gasteiger partial charge on any atom is 0.238 e. The van der Waals surface area contributed by atoms with Gasteiger partial charge in [-0.2, -0.15) is 0 Å². The van der Waals surface area contributed by atoms with Gasteiger partial charge in [-0.3, -0.25) is 14.5 Å². The fraction of sp³-hybridized carbons (Fsp3) is 0.333. The van der Waals surface area contributed by atoms with Crippen molar-refractivity contribution in [2.45, 2.75) is 13.8 Å². The van der Waals surface area contributed by atoms with Crippen LogP contribution in [0, 0.1) is 6.92 Å². The second-order valence-corrected chi connectivity index (χ2v) is 6.91. The van der Waals surface area contributed by atoms with Gasteiger partial charge in [-0.05, 0) is 42.8 Å². The van der Waals surface area contributed by atoms with Crippen molar-refractivity contribution < 1.29 is 9.59 Å². The third kappa shape index (κ3) is 5.56. The van der Waals surface area contributed by atoms with Gasteiger partial charge in [-0.15, -0.1) is 0 Å². The number of carbonyl (C=O) groups excluding carboxylic acids is 2. The lowest BCUT2D eigenvalue weighted by molar-refractivity contribution is -0.117. The van der Waals surface area contributed by atoms with E-state index in [1.54, 1.807) is 12.1 Å². The predicted octanol–water partition coefficient (Wildman–Crippen LogP) is 2.71.